The Morgan fingerprint density at radius 3 is 2.55 bits per heavy atom. The van der Waals surface area contributed by atoms with Crippen LogP contribution in [0.2, 0.25) is 0 Å². The Labute approximate surface area is 116 Å². The minimum absolute atomic E-state index is 0.0787. The van der Waals surface area contributed by atoms with Gasteiger partial charge in [-0.05, 0) is 30.3 Å². The number of nitrogens with two attached hydrogens (primary N) is 1. The number of nitrogens with zero attached hydrogens (tertiary/aromatic N) is 1. The third kappa shape index (κ3) is 3.17. The van der Waals surface area contributed by atoms with E-state index >= 15 is 0 Å². The maximum atomic E-state index is 13.5. The highest BCUT2D eigenvalue weighted by Crippen LogP contribution is 2.27. The Kier molecular flexibility index (Phi) is 4.08. The molecule has 2 aromatic carbocycles. The Balaban J connectivity index is 2.18. The van der Waals surface area contributed by atoms with E-state index in [2.05, 4.69) is 0 Å². The maximum Gasteiger partial charge on any atom is 0.144 e. The van der Waals surface area contributed by atoms with Crippen molar-refractivity contribution >= 4 is 11.4 Å². The minimum Gasteiger partial charge on any atom is -0.487 e. The lowest BCUT2D eigenvalue weighted by molar-refractivity contribution is 0.300. The van der Waals surface area contributed by atoms with Gasteiger partial charge < -0.3 is 15.4 Å². The number of hydrogen-bond donors (Lipinski definition) is 1. The third-order valence-corrected chi connectivity index (χ3v) is 2.90. The number of nitrogen functional groups attached to an aromatic ring is 1. The van der Waals surface area contributed by atoms with Crippen LogP contribution in [0.4, 0.5) is 20.2 Å². The molecule has 0 aliphatic heterocycles. The van der Waals surface area contributed by atoms with Crippen molar-refractivity contribution in [2.24, 2.45) is 0 Å². The number of anilines is 2. The van der Waals surface area contributed by atoms with Gasteiger partial charge in [-0.25, -0.2) is 8.78 Å². The summed E-state index contributed by atoms with van der Waals surface area (Å²) in [7, 11) is 3.78. The predicted molar refractivity (Wildman–Crippen MR) is 75.9 cm³/mol. The van der Waals surface area contributed by atoms with Crippen LogP contribution < -0.4 is 15.4 Å². The second-order valence-corrected chi connectivity index (χ2v) is 4.64. The third-order valence-electron chi connectivity index (χ3n) is 2.90. The summed E-state index contributed by atoms with van der Waals surface area (Å²) in [6, 6.07) is 8.58. The predicted octanol–water partition coefficient (Wildman–Crippen LogP) is 3.19. The van der Waals surface area contributed by atoms with E-state index in [1.165, 1.54) is 0 Å². The quantitative estimate of drug-likeness (QED) is 0.873. The van der Waals surface area contributed by atoms with Gasteiger partial charge in [0.05, 0.1) is 5.69 Å². The molecule has 0 bridgehead atoms. The molecule has 0 fully saturated rings. The van der Waals surface area contributed by atoms with E-state index in [9.17, 15) is 8.78 Å². The van der Waals surface area contributed by atoms with Crippen molar-refractivity contribution in [3.8, 4) is 5.75 Å². The second-order valence-electron chi connectivity index (χ2n) is 4.64. The molecule has 0 atom stereocenters. The highest BCUT2D eigenvalue weighted by molar-refractivity contribution is 5.61. The summed E-state index contributed by atoms with van der Waals surface area (Å²) in [5, 5.41) is 0. The monoisotopic (exact) mass is 278 g/mol. The fraction of sp³-hybridized carbons (Fsp3) is 0.200. The van der Waals surface area contributed by atoms with Gasteiger partial charge in [-0.2, -0.15) is 0 Å². The molecule has 0 radical (unpaired) electrons. The van der Waals surface area contributed by atoms with Crippen molar-refractivity contribution in [3.63, 3.8) is 0 Å². The van der Waals surface area contributed by atoms with Crippen LogP contribution in [0.5, 0.6) is 5.75 Å². The van der Waals surface area contributed by atoms with Gasteiger partial charge >= 0.3 is 0 Å². The van der Waals surface area contributed by atoms with Crippen LogP contribution in [-0.2, 0) is 6.61 Å². The van der Waals surface area contributed by atoms with E-state index in [-0.39, 0.29) is 12.2 Å². The summed E-state index contributed by atoms with van der Waals surface area (Å²) in [5.41, 5.74) is 7.33. The average Bonchev–Trinajstić information content (AvgIpc) is 2.41. The van der Waals surface area contributed by atoms with Gasteiger partial charge in [0.15, 0.2) is 0 Å². The van der Waals surface area contributed by atoms with Gasteiger partial charge in [-0.3, -0.25) is 0 Å². The fourth-order valence-electron chi connectivity index (χ4n) is 1.74. The molecule has 5 heteroatoms. The molecule has 2 N–H and O–H groups in total. The smallest absolute Gasteiger partial charge is 0.144 e. The van der Waals surface area contributed by atoms with Crippen LogP contribution in [-0.4, -0.2) is 14.1 Å². The Bertz CT molecular complexity index is 615. The largest absolute Gasteiger partial charge is 0.487 e. The summed E-state index contributed by atoms with van der Waals surface area (Å²) in [4.78, 5) is 1.90. The summed E-state index contributed by atoms with van der Waals surface area (Å²) in [6.45, 7) is -0.0787. The maximum absolute atomic E-state index is 13.5. The zero-order valence-electron chi connectivity index (χ0n) is 11.4. The molecule has 2 aromatic rings. The minimum atomic E-state index is -0.506. The molecule has 0 aliphatic carbocycles. The van der Waals surface area contributed by atoms with Gasteiger partial charge in [0.2, 0.25) is 0 Å². The first-order chi connectivity index (χ1) is 9.47. The van der Waals surface area contributed by atoms with E-state index < -0.39 is 11.6 Å². The van der Waals surface area contributed by atoms with Crippen molar-refractivity contribution in [3.05, 3.63) is 53.6 Å². The molecule has 0 saturated heterocycles. The zero-order valence-corrected chi connectivity index (χ0v) is 11.4. The zero-order chi connectivity index (χ0) is 14.7. The SMILES string of the molecule is CN(C)c1ccc(N)c(OCc2cc(F)ccc2F)c1. The lowest BCUT2D eigenvalue weighted by atomic mass is 10.2. The summed E-state index contributed by atoms with van der Waals surface area (Å²) < 4.78 is 32.1. The number of halogens is 2. The Morgan fingerprint density at radius 2 is 1.85 bits per heavy atom. The molecule has 0 aromatic heterocycles. The van der Waals surface area contributed by atoms with E-state index in [0.29, 0.717) is 11.4 Å². The lowest BCUT2D eigenvalue weighted by Crippen LogP contribution is -2.09. The molecule has 0 spiro atoms. The number of hydrogen-bond acceptors (Lipinski definition) is 3. The molecule has 0 aliphatic rings. The van der Waals surface area contributed by atoms with Crippen LogP contribution in [0, 0.1) is 11.6 Å². The van der Waals surface area contributed by atoms with Gasteiger partial charge in [0, 0.05) is 31.4 Å². The first-order valence-electron chi connectivity index (χ1n) is 6.11. The first-order valence-corrected chi connectivity index (χ1v) is 6.11. The van der Waals surface area contributed by atoms with Gasteiger partial charge in [0.1, 0.15) is 24.0 Å². The van der Waals surface area contributed by atoms with E-state index in [4.69, 9.17) is 10.5 Å². The summed E-state index contributed by atoms with van der Waals surface area (Å²) in [6.07, 6.45) is 0. The molecule has 106 valence electrons. The Morgan fingerprint density at radius 1 is 1.10 bits per heavy atom. The van der Waals surface area contributed by atoms with E-state index in [0.717, 1.165) is 23.9 Å². The van der Waals surface area contributed by atoms with Crippen LogP contribution in [0.25, 0.3) is 0 Å². The average molecular weight is 278 g/mol. The summed E-state index contributed by atoms with van der Waals surface area (Å²) in [5.74, 6) is -0.561. The molecule has 20 heavy (non-hydrogen) atoms. The summed E-state index contributed by atoms with van der Waals surface area (Å²) >= 11 is 0. The van der Waals surface area contributed by atoms with Crippen molar-refractivity contribution in [2.75, 3.05) is 24.7 Å². The molecule has 3 nitrogen and oxygen atoms in total. The van der Waals surface area contributed by atoms with Crippen molar-refractivity contribution in [2.45, 2.75) is 6.61 Å². The van der Waals surface area contributed by atoms with Gasteiger partial charge in [-0.15, -0.1) is 0 Å². The van der Waals surface area contributed by atoms with Gasteiger partial charge in [0.25, 0.3) is 0 Å². The lowest BCUT2D eigenvalue weighted by Gasteiger charge is -2.16. The second kappa shape index (κ2) is 5.77. The fourth-order valence-corrected chi connectivity index (χ4v) is 1.74. The highest BCUT2D eigenvalue weighted by atomic mass is 19.1. The Hall–Kier alpha value is -2.30. The number of ether oxygens (including phenoxy) is 1. The highest BCUT2D eigenvalue weighted by Gasteiger charge is 2.08. The number of benzene rings is 2. The molecule has 0 amide bonds. The topological polar surface area (TPSA) is 38.5 Å². The van der Waals surface area contributed by atoms with Crippen LogP contribution >= 0.6 is 0 Å². The molecular weight excluding hydrogens is 262 g/mol. The number of rotatable bonds is 4. The standard InChI is InChI=1S/C15H16F2N2O/c1-19(2)12-4-6-14(18)15(8-12)20-9-10-7-11(16)3-5-13(10)17/h3-8H,9,18H2,1-2H3. The van der Waals surface area contributed by atoms with E-state index in [1.54, 1.807) is 12.1 Å². The van der Waals surface area contributed by atoms with Crippen molar-refractivity contribution in [1.82, 2.24) is 0 Å². The molecule has 0 heterocycles. The van der Waals surface area contributed by atoms with Crippen molar-refractivity contribution in [1.29, 1.82) is 0 Å². The molecule has 2 rings (SSSR count). The van der Waals surface area contributed by atoms with Gasteiger partial charge in [-0.1, -0.05) is 0 Å². The van der Waals surface area contributed by atoms with E-state index in [1.807, 2.05) is 25.1 Å². The first kappa shape index (κ1) is 14.1. The molecular formula is C15H16F2N2O. The normalized spacial score (nSPS) is 10.4. The van der Waals surface area contributed by atoms with Crippen LogP contribution in [0.15, 0.2) is 36.4 Å². The molecule has 0 unspecified atom stereocenters. The van der Waals surface area contributed by atoms with Crippen molar-refractivity contribution < 1.29 is 13.5 Å². The van der Waals surface area contributed by atoms with Crippen LogP contribution in [0.3, 0.4) is 0 Å². The molecule has 0 saturated carbocycles. The van der Waals surface area contributed by atoms with Crippen LogP contribution in [0.1, 0.15) is 5.56 Å².